The minimum Gasteiger partial charge on any atom is -0.508 e. The first kappa shape index (κ1) is 45.7. The average molecular weight is 978 g/mol. The largest absolute Gasteiger partial charge is 0.508 e. The van der Waals surface area contributed by atoms with Crippen molar-refractivity contribution in [3.05, 3.63) is 83.6 Å². The summed E-state index contributed by atoms with van der Waals surface area (Å²) in [6.07, 6.45) is 12.9. The van der Waals surface area contributed by atoms with Gasteiger partial charge in [-0.3, -0.25) is 29.6 Å². The highest BCUT2D eigenvalue weighted by atomic mass is 19.1. The Bertz CT molecular complexity index is 3300. The van der Waals surface area contributed by atoms with Gasteiger partial charge in [0.25, 0.3) is 0 Å². The van der Waals surface area contributed by atoms with E-state index < -0.39 is 23.2 Å². The van der Waals surface area contributed by atoms with Gasteiger partial charge in [-0.2, -0.15) is 15.1 Å². The first-order valence-electron chi connectivity index (χ1n) is 24.7. The van der Waals surface area contributed by atoms with Crippen LogP contribution in [0, 0.1) is 24.0 Å². The fourth-order valence-electron chi connectivity index (χ4n) is 12.3. The number of benzene rings is 3. The lowest BCUT2D eigenvalue weighted by molar-refractivity contribution is -0.120. The van der Waals surface area contributed by atoms with Crippen LogP contribution in [-0.4, -0.2) is 134 Å². The van der Waals surface area contributed by atoms with Crippen LogP contribution >= 0.6 is 0 Å². The van der Waals surface area contributed by atoms with Crippen LogP contribution in [-0.2, 0) is 16.6 Å². The summed E-state index contributed by atoms with van der Waals surface area (Å²) in [5.41, 5.74) is 2.45. The maximum Gasteiger partial charge on any atom is 0.409 e. The highest BCUT2D eigenvalue weighted by Crippen LogP contribution is 2.45. The van der Waals surface area contributed by atoms with Gasteiger partial charge in [0.15, 0.2) is 11.6 Å². The van der Waals surface area contributed by atoms with E-state index in [1.807, 2.05) is 13.1 Å². The number of amides is 4. The van der Waals surface area contributed by atoms with Gasteiger partial charge in [0.2, 0.25) is 5.91 Å². The number of nitrogens with one attached hydrogen (secondary N) is 2. The molecule has 19 heteroatoms. The van der Waals surface area contributed by atoms with Crippen LogP contribution in [0.5, 0.6) is 11.8 Å². The van der Waals surface area contributed by atoms with Gasteiger partial charge in [0.1, 0.15) is 41.8 Å². The molecule has 6 aromatic rings. The number of nitrogens with zero attached hydrogens (tertiary/aromatic N) is 9. The molecule has 3 aromatic carbocycles. The van der Waals surface area contributed by atoms with Crippen molar-refractivity contribution in [3.63, 3.8) is 0 Å². The number of carbonyl (C=O) groups is 3. The van der Waals surface area contributed by atoms with Gasteiger partial charge in [0.05, 0.1) is 22.0 Å². The standard InChI is InChI=1S/C53H53F2N11O6/c1-4-37-41(54)10-6-32-19-36(67)21-39(44(32)37)46-45(55)47-40(23-56-46)48(64-25-33-7-8-34(26-64)57-33)60-50(59-47)72-28-53-15-11-35(66(53)24-29(2)22-53)27-71-52(70)63-16-12-30(13-17-63)31-5-9-38-42(20-31)62(3)61-49(38)65-18-14-43(68)58-51(65)69/h1,5-6,9-10,19-21,23,30,33-35,57,67H,2,7-8,11-18,22,24-28H2,3H3,(H,58,68,69). The Morgan fingerprint density at radius 1 is 1.00 bits per heavy atom. The number of anilines is 2. The number of aromatic nitrogens is 5. The van der Waals surface area contributed by atoms with Crippen molar-refractivity contribution < 1.29 is 37.7 Å². The van der Waals surface area contributed by atoms with E-state index in [2.05, 4.69) is 55.1 Å². The molecule has 6 fully saturated rings. The highest BCUT2D eigenvalue weighted by Gasteiger charge is 2.52. The minimum atomic E-state index is -0.786. The second-order valence-corrected chi connectivity index (χ2v) is 20.3. The summed E-state index contributed by atoms with van der Waals surface area (Å²) in [6, 6.07) is 11.6. The number of hydrogen-bond donors (Lipinski definition) is 3. The van der Waals surface area contributed by atoms with Crippen molar-refractivity contribution in [2.75, 3.05) is 62.3 Å². The van der Waals surface area contributed by atoms with Gasteiger partial charge in [-0.1, -0.05) is 30.2 Å². The quantitative estimate of drug-likeness (QED) is 0.104. The van der Waals surface area contributed by atoms with Gasteiger partial charge in [0, 0.05) is 93.4 Å². The molecule has 0 radical (unpaired) electrons. The third kappa shape index (κ3) is 7.87. The smallest absolute Gasteiger partial charge is 0.409 e. The van der Waals surface area contributed by atoms with Crippen molar-refractivity contribution in [2.45, 2.75) is 80.9 Å². The molecule has 72 heavy (non-hydrogen) atoms. The number of imide groups is 1. The first-order valence-corrected chi connectivity index (χ1v) is 24.7. The van der Waals surface area contributed by atoms with Crippen molar-refractivity contribution in [3.8, 4) is 35.4 Å². The molecule has 6 saturated heterocycles. The van der Waals surface area contributed by atoms with Crippen LogP contribution in [0.4, 0.5) is 30.0 Å². The number of halogens is 2. The van der Waals surface area contributed by atoms with Gasteiger partial charge in [-0.25, -0.2) is 18.4 Å². The zero-order valence-corrected chi connectivity index (χ0v) is 39.8. The molecule has 17 nitrogen and oxygen atoms in total. The number of urea groups is 1. The summed E-state index contributed by atoms with van der Waals surface area (Å²) in [5.74, 6) is 1.74. The molecule has 370 valence electrons. The second kappa shape index (κ2) is 17.7. The number of likely N-dealkylation sites (tertiary alicyclic amines) is 1. The molecule has 0 spiro atoms. The fourth-order valence-corrected chi connectivity index (χ4v) is 12.3. The third-order valence-electron chi connectivity index (χ3n) is 15.8. The summed E-state index contributed by atoms with van der Waals surface area (Å²) >= 11 is 0. The van der Waals surface area contributed by atoms with Crippen molar-refractivity contribution >= 4 is 62.2 Å². The topological polar surface area (TPSA) is 183 Å². The molecule has 9 heterocycles. The number of ether oxygens (including phenoxy) is 2. The number of rotatable bonds is 9. The lowest BCUT2D eigenvalue weighted by atomic mass is 9.89. The highest BCUT2D eigenvalue weighted by molar-refractivity contribution is 6.09. The Balaban J connectivity index is 0.744. The fraction of sp³-hybridized carbons (Fsp3) is 0.415. The van der Waals surface area contributed by atoms with Crippen LogP contribution < -0.4 is 25.2 Å². The zero-order chi connectivity index (χ0) is 49.6. The molecule has 0 saturated carbocycles. The second-order valence-electron chi connectivity index (χ2n) is 20.3. The zero-order valence-electron chi connectivity index (χ0n) is 39.8. The Hall–Kier alpha value is -7.43. The number of aromatic hydroxyl groups is 1. The normalized spacial score (nSPS) is 23.6. The van der Waals surface area contributed by atoms with E-state index in [-0.39, 0.29) is 102 Å². The minimum absolute atomic E-state index is 0.00380. The van der Waals surface area contributed by atoms with Crippen molar-refractivity contribution in [1.29, 1.82) is 0 Å². The van der Waals surface area contributed by atoms with Crippen LogP contribution in [0.1, 0.15) is 68.4 Å². The summed E-state index contributed by atoms with van der Waals surface area (Å²) in [4.78, 5) is 59.9. The van der Waals surface area contributed by atoms with E-state index in [1.165, 1.54) is 35.4 Å². The van der Waals surface area contributed by atoms with Gasteiger partial charge in [-0.15, -0.1) is 6.42 Å². The van der Waals surface area contributed by atoms with E-state index in [9.17, 15) is 19.5 Å². The number of hydrogen-bond acceptors (Lipinski definition) is 13. The predicted molar refractivity (Wildman–Crippen MR) is 265 cm³/mol. The summed E-state index contributed by atoms with van der Waals surface area (Å²) in [6.45, 7) is 8.01. The molecule has 3 N–H and O–H groups in total. The summed E-state index contributed by atoms with van der Waals surface area (Å²) < 4.78 is 46.7. The maximum absolute atomic E-state index is 17.3. The first-order chi connectivity index (χ1) is 34.8. The lowest BCUT2D eigenvalue weighted by Crippen LogP contribution is -2.51. The maximum atomic E-state index is 17.3. The van der Waals surface area contributed by atoms with E-state index in [0.717, 1.165) is 60.6 Å². The molecule has 3 aromatic heterocycles. The van der Waals surface area contributed by atoms with Gasteiger partial charge < -0.3 is 29.7 Å². The van der Waals surface area contributed by atoms with Crippen LogP contribution in [0.25, 0.3) is 43.8 Å². The number of piperidine rings is 1. The van der Waals surface area contributed by atoms with Gasteiger partial charge >= 0.3 is 18.1 Å². The molecule has 4 unspecified atom stereocenters. The summed E-state index contributed by atoms with van der Waals surface area (Å²) in [7, 11) is 1.84. The van der Waals surface area contributed by atoms with Crippen LogP contribution in [0.15, 0.2) is 60.8 Å². The molecule has 4 atom stereocenters. The third-order valence-corrected chi connectivity index (χ3v) is 15.8. The molecular weight excluding hydrogens is 925 g/mol. The number of phenolic OH excluding ortho intramolecular Hbond substituents is 1. The van der Waals surface area contributed by atoms with Crippen molar-refractivity contribution in [1.82, 2.24) is 45.2 Å². The summed E-state index contributed by atoms with van der Waals surface area (Å²) in [5, 5.41) is 23.3. The molecule has 4 amide bonds. The Morgan fingerprint density at radius 3 is 2.58 bits per heavy atom. The Labute approximate surface area is 413 Å². The molecular formula is C53H53F2N11O6. The number of pyridine rings is 1. The number of piperazine rings is 1. The Kier molecular flexibility index (Phi) is 11.2. The van der Waals surface area contributed by atoms with E-state index in [0.29, 0.717) is 61.6 Å². The van der Waals surface area contributed by atoms with Crippen LogP contribution in [0.3, 0.4) is 0 Å². The van der Waals surface area contributed by atoms with E-state index in [1.54, 1.807) is 9.58 Å². The molecule has 12 rings (SSSR count). The number of phenols is 1. The predicted octanol–water partition coefficient (Wildman–Crippen LogP) is 6.64. The van der Waals surface area contributed by atoms with Crippen LogP contribution in [0.2, 0.25) is 0 Å². The number of fused-ring (bicyclic) bond motifs is 6. The molecule has 6 aliphatic rings. The Morgan fingerprint density at radius 2 is 1.81 bits per heavy atom. The van der Waals surface area contributed by atoms with E-state index >= 15 is 8.78 Å². The number of carbonyl (C=O) groups excluding carboxylic acids is 3. The molecule has 0 aliphatic carbocycles. The SMILES string of the molecule is C#Cc1c(F)ccc2cc(O)cc(-c3ncc4c(N5CC6CCC(C5)N6)nc(OCC56CCC(COC(=O)N7CCC(c8ccc9c(N%10CCC(=O)NC%10=O)nn(C)c9c8)CC7)N5CC(=C)C6)nc4c3F)c12. The number of terminal acetylenes is 1. The van der Waals surface area contributed by atoms with E-state index in [4.69, 9.17) is 25.9 Å². The number of aryl methyl sites for hydroxylation is 1. The molecule has 6 aliphatic heterocycles. The monoisotopic (exact) mass is 977 g/mol. The van der Waals surface area contributed by atoms with Gasteiger partial charge in [-0.05, 0) is 92.1 Å². The average Bonchev–Trinajstić information content (AvgIpc) is 4.10. The molecule has 2 bridgehead atoms. The lowest BCUT2D eigenvalue weighted by Gasteiger charge is -2.35. The van der Waals surface area contributed by atoms with Crippen molar-refractivity contribution in [2.24, 2.45) is 7.05 Å².